The van der Waals surface area contributed by atoms with Gasteiger partial charge in [0, 0.05) is 32.1 Å². The van der Waals surface area contributed by atoms with Crippen LogP contribution >= 0.6 is 23.2 Å². The second-order valence-electron chi connectivity index (χ2n) is 5.73. The molecule has 0 atom stereocenters. The summed E-state index contributed by atoms with van der Waals surface area (Å²) in [5.74, 6) is 0.148. The second kappa shape index (κ2) is 8.02. The van der Waals surface area contributed by atoms with Crippen LogP contribution in [0.4, 0.5) is 0 Å². The lowest BCUT2D eigenvalue weighted by molar-refractivity contribution is -0.137. The summed E-state index contributed by atoms with van der Waals surface area (Å²) in [5.41, 5.74) is 0.416. The molecule has 1 aliphatic rings. The minimum atomic E-state index is -0.132. The van der Waals surface area contributed by atoms with Gasteiger partial charge in [0.05, 0.1) is 15.6 Å². The first-order chi connectivity index (χ1) is 11.0. The highest BCUT2D eigenvalue weighted by Crippen LogP contribution is 2.27. The number of rotatable bonds is 4. The Balaban J connectivity index is 2.00. The molecule has 0 N–H and O–H groups in total. The normalized spacial score (nSPS) is 15.2. The molecule has 1 aromatic rings. The Morgan fingerprint density at radius 1 is 1.04 bits per heavy atom. The molecular weight excluding hydrogens is 335 g/mol. The Morgan fingerprint density at radius 3 is 2.17 bits per heavy atom. The zero-order valence-corrected chi connectivity index (χ0v) is 15.0. The molecule has 23 heavy (non-hydrogen) atoms. The molecule has 2 rings (SSSR count). The van der Waals surface area contributed by atoms with Gasteiger partial charge in [-0.1, -0.05) is 43.1 Å². The molecule has 4 nitrogen and oxygen atoms in total. The van der Waals surface area contributed by atoms with Crippen LogP contribution in [-0.4, -0.2) is 47.8 Å². The molecule has 2 amide bonds. The summed E-state index contributed by atoms with van der Waals surface area (Å²) in [6, 6.07) is 5.06. The van der Waals surface area contributed by atoms with Gasteiger partial charge in [0.2, 0.25) is 5.91 Å². The van der Waals surface area contributed by atoms with E-state index in [1.807, 2.05) is 18.7 Å². The summed E-state index contributed by atoms with van der Waals surface area (Å²) in [6.45, 7) is 6.25. The molecule has 1 saturated heterocycles. The molecule has 0 unspecified atom stereocenters. The number of piperazine rings is 1. The van der Waals surface area contributed by atoms with Crippen LogP contribution in [0.1, 0.15) is 37.0 Å². The number of hydrogen-bond donors (Lipinski definition) is 0. The monoisotopic (exact) mass is 356 g/mol. The SMILES string of the molecule is CCC(CC)C(=O)N1CCN(C(=O)c2cccc(Cl)c2Cl)CC1. The number of benzene rings is 1. The fourth-order valence-corrected chi connectivity index (χ4v) is 3.25. The van der Waals surface area contributed by atoms with Gasteiger partial charge >= 0.3 is 0 Å². The first-order valence-electron chi connectivity index (χ1n) is 8.01. The number of carbonyl (C=O) groups is 2. The number of halogens is 2. The van der Waals surface area contributed by atoms with Crippen molar-refractivity contribution in [3.8, 4) is 0 Å². The molecule has 1 aromatic carbocycles. The number of nitrogens with zero attached hydrogens (tertiary/aromatic N) is 2. The van der Waals surface area contributed by atoms with Crippen LogP contribution in [0.5, 0.6) is 0 Å². The van der Waals surface area contributed by atoms with Crippen LogP contribution in [0.25, 0.3) is 0 Å². The van der Waals surface area contributed by atoms with Gasteiger partial charge in [0.1, 0.15) is 0 Å². The number of hydrogen-bond acceptors (Lipinski definition) is 2. The van der Waals surface area contributed by atoms with Gasteiger partial charge < -0.3 is 9.80 Å². The maximum Gasteiger partial charge on any atom is 0.255 e. The fraction of sp³-hybridized carbons (Fsp3) is 0.529. The second-order valence-corrected chi connectivity index (χ2v) is 6.52. The molecule has 0 aromatic heterocycles. The van der Waals surface area contributed by atoms with E-state index in [9.17, 15) is 9.59 Å². The van der Waals surface area contributed by atoms with Gasteiger partial charge in [-0.05, 0) is 25.0 Å². The van der Waals surface area contributed by atoms with Crippen LogP contribution in [0.3, 0.4) is 0 Å². The zero-order chi connectivity index (χ0) is 17.0. The summed E-state index contributed by atoms with van der Waals surface area (Å²) in [7, 11) is 0. The highest BCUT2D eigenvalue weighted by atomic mass is 35.5. The lowest BCUT2D eigenvalue weighted by Crippen LogP contribution is -2.52. The van der Waals surface area contributed by atoms with Crippen molar-refractivity contribution in [2.45, 2.75) is 26.7 Å². The molecular formula is C17H22Cl2N2O2. The third kappa shape index (κ3) is 3.99. The number of amides is 2. The van der Waals surface area contributed by atoms with Gasteiger partial charge in [-0.15, -0.1) is 0 Å². The van der Waals surface area contributed by atoms with Crippen molar-refractivity contribution in [2.24, 2.45) is 5.92 Å². The number of carbonyl (C=O) groups excluding carboxylic acids is 2. The smallest absolute Gasteiger partial charge is 0.255 e. The minimum Gasteiger partial charge on any atom is -0.339 e. The van der Waals surface area contributed by atoms with E-state index in [0.717, 1.165) is 12.8 Å². The van der Waals surface area contributed by atoms with Gasteiger partial charge in [-0.3, -0.25) is 9.59 Å². The first kappa shape index (κ1) is 18.1. The maximum atomic E-state index is 12.6. The van der Waals surface area contributed by atoms with E-state index in [2.05, 4.69) is 0 Å². The lowest BCUT2D eigenvalue weighted by atomic mass is 10.0. The molecule has 1 aliphatic heterocycles. The van der Waals surface area contributed by atoms with E-state index in [-0.39, 0.29) is 22.8 Å². The van der Waals surface area contributed by atoms with Crippen LogP contribution in [-0.2, 0) is 4.79 Å². The Bertz CT molecular complexity index is 580. The molecule has 1 fully saturated rings. The molecule has 0 radical (unpaired) electrons. The van der Waals surface area contributed by atoms with Crippen LogP contribution < -0.4 is 0 Å². The van der Waals surface area contributed by atoms with E-state index >= 15 is 0 Å². The topological polar surface area (TPSA) is 40.6 Å². The summed E-state index contributed by atoms with van der Waals surface area (Å²) in [6.07, 6.45) is 1.71. The third-order valence-corrected chi connectivity index (χ3v) is 5.21. The van der Waals surface area contributed by atoms with E-state index in [0.29, 0.717) is 36.8 Å². The molecule has 1 heterocycles. The fourth-order valence-electron chi connectivity index (χ4n) is 2.87. The zero-order valence-electron chi connectivity index (χ0n) is 13.5. The summed E-state index contributed by atoms with van der Waals surface area (Å²) >= 11 is 12.1. The van der Waals surface area contributed by atoms with E-state index in [1.54, 1.807) is 23.1 Å². The van der Waals surface area contributed by atoms with Crippen molar-refractivity contribution in [1.82, 2.24) is 9.80 Å². The highest BCUT2D eigenvalue weighted by molar-refractivity contribution is 6.43. The van der Waals surface area contributed by atoms with Crippen molar-refractivity contribution in [2.75, 3.05) is 26.2 Å². The van der Waals surface area contributed by atoms with Crippen LogP contribution in [0.15, 0.2) is 18.2 Å². The largest absolute Gasteiger partial charge is 0.339 e. The molecule has 126 valence electrons. The van der Waals surface area contributed by atoms with Crippen molar-refractivity contribution in [3.63, 3.8) is 0 Å². The van der Waals surface area contributed by atoms with Crippen molar-refractivity contribution in [3.05, 3.63) is 33.8 Å². The molecule has 0 aliphatic carbocycles. The van der Waals surface area contributed by atoms with Crippen molar-refractivity contribution in [1.29, 1.82) is 0 Å². The lowest BCUT2D eigenvalue weighted by Gasteiger charge is -2.36. The van der Waals surface area contributed by atoms with E-state index in [4.69, 9.17) is 23.2 Å². The average Bonchev–Trinajstić information content (AvgIpc) is 2.58. The molecule has 0 spiro atoms. The summed E-state index contributed by atoms with van der Waals surface area (Å²) < 4.78 is 0. The molecule has 0 bridgehead atoms. The van der Waals surface area contributed by atoms with Crippen molar-refractivity contribution >= 4 is 35.0 Å². The highest BCUT2D eigenvalue weighted by Gasteiger charge is 2.28. The van der Waals surface area contributed by atoms with Gasteiger partial charge in [0.25, 0.3) is 5.91 Å². The van der Waals surface area contributed by atoms with Gasteiger partial charge in [0.15, 0.2) is 0 Å². The quantitative estimate of drug-likeness (QED) is 0.824. The van der Waals surface area contributed by atoms with E-state index < -0.39 is 0 Å². The van der Waals surface area contributed by atoms with Gasteiger partial charge in [-0.25, -0.2) is 0 Å². The molecule has 6 heteroatoms. The summed E-state index contributed by atoms with van der Waals surface area (Å²) in [4.78, 5) is 28.6. The van der Waals surface area contributed by atoms with Crippen molar-refractivity contribution < 1.29 is 9.59 Å². The maximum absolute atomic E-state index is 12.6. The molecule has 0 saturated carbocycles. The Hall–Kier alpha value is -1.26. The summed E-state index contributed by atoms with van der Waals surface area (Å²) in [5, 5.41) is 0.662. The van der Waals surface area contributed by atoms with Gasteiger partial charge in [-0.2, -0.15) is 0 Å². The van der Waals surface area contributed by atoms with Crippen LogP contribution in [0, 0.1) is 5.92 Å². The predicted octanol–water partition coefficient (Wildman–Crippen LogP) is 3.71. The Morgan fingerprint density at radius 2 is 1.61 bits per heavy atom. The average molecular weight is 357 g/mol. The van der Waals surface area contributed by atoms with E-state index in [1.165, 1.54) is 0 Å². The Kier molecular flexibility index (Phi) is 6.31. The standard InChI is InChI=1S/C17H22Cl2N2O2/c1-3-12(4-2)16(22)20-8-10-21(11-9-20)17(23)13-6-5-7-14(18)15(13)19/h5-7,12H,3-4,8-11H2,1-2H3. The minimum absolute atomic E-state index is 0.0830. The van der Waals surface area contributed by atoms with Crippen LogP contribution in [0.2, 0.25) is 10.0 Å². The Labute approximate surface area is 147 Å². The third-order valence-electron chi connectivity index (χ3n) is 4.40. The first-order valence-corrected chi connectivity index (χ1v) is 8.77. The predicted molar refractivity (Wildman–Crippen MR) is 93.0 cm³/mol.